The standard InChI is InChI=1S/C17H27NO/c1-3-15-8-6-5-7-13-18(15)17(4-2)14-9-11-16(19)12-10-14/h9-12,15,17,19H,3-8,13H2,1-2H3. The molecule has 1 heterocycles. The number of hydrogen-bond acceptors (Lipinski definition) is 2. The topological polar surface area (TPSA) is 23.5 Å². The van der Waals surface area contributed by atoms with Crippen molar-refractivity contribution in [3.63, 3.8) is 0 Å². The van der Waals surface area contributed by atoms with Gasteiger partial charge in [-0.25, -0.2) is 0 Å². The van der Waals surface area contributed by atoms with Gasteiger partial charge in [0, 0.05) is 12.1 Å². The van der Waals surface area contributed by atoms with E-state index in [9.17, 15) is 5.11 Å². The summed E-state index contributed by atoms with van der Waals surface area (Å²) in [5.41, 5.74) is 1.35. The number of phenolic OH excluding ortho intramolecular Hbond substituents is 1. The van der Waals surface area contributed by atoms with Gasteiger partial charge < -0.3 is 5.11 Å². The van der Waals surface area contributed by atoms with Crippen molar-refractivity contribution >= 4 is 0 Å². The molecule has 1 saturated heterocycles. The molecule has 1 N–H and O–H groups in total. The number of likely N-dealkylation sites (tertiary alicyclic amines) is 1. The van der Waals surface area contributed by atoms with Gasteiger partial charge in [-0.05, 0) is 49.9 Å². The van der Waals surface area contributed by atoms with Crippen molar-refractivity contribution in [1.29, 1.82) is 0 Å². The van der Waals surface area contributed by atoms with Gasteiger partial charge in [-0.1, -0.05) is 38.8 Å². The highest BCUT2D eigenvalue weighted by Crippen LogP contribution is 2.32. The number of hydrogen-bond donors (Lipinski definition) is 1. The van der Waals surface area contributed by atoms with Crippen LogP contribution >= 0.6 is 0 Å². The molecule has 2 atom stereocenters. The fourth-order valence-corrected chi connectivity index (χ4v) is 3.41. The first-order valence-corrected chi connectivity index (χ1v) is 7.81. The molecule has 2 heteroatoms. The van der Waals surface area contributed by atoms with Crippen LogP contribution < -0.4 is 0 Å². The molecule has 2 rings (SSSR count). The Morgan fingerprint density at radius 1 is 1.16 bits per heavy atom. The Kier molecular flexibility index (Phi) is 5.26. The summed E-state index contributed by atoms with van der Waals surface area (Å²) < 4.78 is 0. The van der Waals surface area contributed by atoms with E-state index in [2.05, 4.69) is 30.9 Å². The fourth-order valence-electron chi connectivity index (χ4n) is 3.41. The van der Waals surface area contributed by atoms with Crippen molar-refractivity contribution in [2.24, 2.45) is 0 Å². The van der Waals surface area contributed by atoms with Crippen LogP contribution in [0.3, 0.4) is 0 Å². The van der Waals surface area contributed by atoms with Crippen molar-refractivity contribution in [2.75, 3.05) is 6.54 Å². The maximum Gasteiger partial charge on any atom is 0.115 e. The normalized spacial score (nSPS) is 22.9. The van der Waals surface area contributed by atoms with Gasteiger partial charge in [0.1, 0.15) is 5.75 Å². The predicted molar refractivity (Wildman–Crippen MR) is 80.4 cm³/mol. The molecule has 106 valence electrons. The molecular formula is C17H27NO. The maximum absolute atomic E-state index is 9.45. The molecule has 0 amide bonds. The fraction of sp³-hybridized carbons (Fsp3) is 0.647. The molecule has 1 aromatic rings. The van der Waals surface area contributed by atoms with E-state index in [4.69, 9.17) is 0 Å². The van der Waals surface area contributed by atoms with Crippen molar-refractivity contribution < 1.29 is 5.11 Å². The third kappa shape index (κ3) is 3.50. The molecule has 0 aliphatic carbocycles. The zero-order valence-corrected chi connectivity index (χ0v) is 12.3. The van der Waals surface area contributed by atoms with Crippen LogP contribution in [0.5, 0.6) is 5.75 Å². The Morgan fingerprint density at radius 3 is 2.53 bits per heavy atom. The van der Waals surface area contributed by atoms with Crippen LogP contribution in [0.2, 0.25) is 0 Å². The van der Waals surface area contributed by atoms with Crippen molar-refractivity contribution in [2.45, 2.75) is 64.5 Å². The average Bonchev–Trinajstić information content (AvgIpc) is 2.67. The summed E-state index contributed by atoms with van der Waals surface area (Å²) in [5, 5.41) is 9.45. The Labute approximate surface area is 117 Å². The molecule has 2 unspecified atom stereocenters. The Morgan fingerprint density at radius 2 is 1.89 bits per heavy atom. The van der Waals surface area contributed by atoms with E-state index in [1.54, 1.807) is 0 Å². The predicted octanol–water partition coefficient (Wildman–Crippen LogP) is 4.50. The third-order valence-corrected chi connectivity index (χ3v) is 4.46. The van der Waals surface area contributed by atoms with Crippen LogP contribution in [-0.4, -0.2) is 22.6 Å². The van der Waals surface area contributed by atoms with E-state index in [-0.39, 0.29) is 0 Å². The molecule has 0 aromatic heterocycles. The first-order chi connectivity index (χ1) is 9.26. The second-order valence-corrected chi connectivity index (χ2v) is 5.66. The lowest BCUT2D eigenvalue weighted by Gasteiger charge is -2.36. The van der Waals surface area contributed by atoms with Crippen molar-refractivity contribution in [1.82, 2.24) is 4.90 Å². The van der Waals surface area contributed by atoms with E-state index in [1.165, 1.54) is 44.2 Å². The second kappa shape index (κ2) is 6.95. The molecule has 1 aromatic carbocycles. The zero-order chi connectivity index (χ0) is 13.7. The van der Waals surface area contributed by atoms with E-state index in [0.717, 1.165) is 12.5 Å². The van der Waals surface area contributed by atoms with Gasteiger partial charge in [-0.15, -0.1) is 0 Å². The summed E-state index contributed by atoms with van der Waals surface area (Å²) in [5.74, 6) is 0.363. The number of aromatic hydroxyl groups is 1. The maximum atomic E-state index is 9.45. The van der Waals surface area contributed by atoms with Gasteiger partial charge in [0.05, 0.1) is 0 Å². The summed E-state index contributed by atoms with van der Waals surface area (Å²) in [6, 6.07) is 9.03. The lowest BCUT2D eigenvalue weighted by Crippen LogP contribution is -2.37. The van der Waals surface area contributed by atoms with E-state index in [0.29, 0.717) is 11.8 Å². The Bertz CT molecular complexity index is 373. The number of phenols is 1. The van der Waals surface area contributed by atoms with Crippen LogP contribution in [0.15, 0.2) is 24.3 Å². The Balaban J connectivity index is 2.20. The van der Waals surface area contributed by atoms with Crippen molar-refractivity contribution in [3.05, 3.63) is 29.8 Å². The highest BCUT2D eigenvalue weighted by atomic mass is 16.3. The molecule has 1 fully saturated rings. The van der Waals surface area contributed by atoms with Crippen LogP contribution in [0, 0.1) is 0 Å². The van der Waals surface area contributed by atoms with Crippen LogP contribution in [0.25, 0.3) is 0 Å². The van der Waals surface area contributed by atoms with Gasteiger partial charge in [0.2, 0.25) is 0 Å². The highest BCUT2D eigenvalue weighted by molar-refractivity contribution is 5.28. The minimum absolute atomic E-state index is 0.363. The molecule has 2 nitrogen and oxygen atoms in total. The van der Waals surface area contributed by atoms with Crippen LogP contribution in [0.4, 0.5) is 0 Å². The van der Waals surface area contributed by atoms with E-state index < -0.39 is 0 Å². The van der Waals surface area contributed by atoms with Gasteiger partial charge in [-0.3, -0.25) is 4.90 Å². The number of nitrogens with zero attached hydrogens (tertiary/aromatic N) is 1. The van der Waals surface area contributed by atoms with E-state index >= 15 is 0 Å². The number of benzene rings is 1. The van der Waals surface area contributed by atoms with Gasteiger partial charge in [-0.2, -0.15) is 0 Å². The van der Waals surface area contributed by atoms with Crippen molar-refractivity contribution in [3.8, 4) is 5.75 Å². The third-order valence-electron chi connectivity index (χ3n) is 4.46. The van der Waals surface area contributed by atoms with Crippen LogP contribution in [-0.2, 0) is 0 Å². The van der Waals surface area contributed by atoms with Gasteiger partial charge >= 0.3 is 0 Å². The lowest BCUT2D eigenvalue weighted by molar-refractivity contribution is 0.128. The summed E-state index contributed by atoms with van der Waals surface area (Å²) >= 11 is 0. The Hall–Kier alpha value is -1.02. The SMILES string of the molecule is CCC1CCCCCN1C(CC)c1ccc(O)cc1. The second-order valence-electron chi connectivity index (χ2n) is 5.66. The summed E-state index contributed by atoms with van der Waals surface area (Å²) in [6.45, 7) is 5.81. The summed E-state index contributed by atoms with van der Waals surface area (Å²) in [4.78, 5) is 2.71. The van der Waals surface area contributed by atoms with Crippen LogP contribution in [0.1, 0.15) is 64.0 Å². The molecule has 0 saturated carbocycles. The van der Waals surface area contributed by atoms with Gasteiger partial charge in [0.25, 0.3) is 0 Å². The number of rotatable bonds is 4. The molecule has 0 spiro atoms. The minimum Gasteiger partial charge on any atom is -0.508 e. The monoisotopic (exact) mass is 261 g/mol. The summed E-state index contributed by atoms with van der Waals surface area (Å²) in [6.07, 6.45) is 7.80. The van der Waals surface area contributed by atoms with E-state index in [1.807, 2.05) is 12.1 Å². The molecule has 19 heavy (non-hydrogen) atoms. The summed E-state index contributed by atoms with van der Waals surface area (Å²) in [7, 11) is 0. The lowest BCUT2D eigenvalue weighted by atomic mass is 9.98. The molecule has 1 aliphatic heterocycles. The first kappa shape index (κ1) is 14.4. The highest BCUT2D eigenvalue weighted by Gasteiger charge is 2.26. The van der Waals surface area contributed by atoms with Gasteiger partial charge in [0.15, 0.2) is 0 Å². The molecular weight excluding hydrogens is 234 g/mol. The smallest absolute Gasteiger partial charge is 0.115 e. The molecule has 0 radical (unpaired) electrons. The average molecular weight is 261 g/mol. The minimum atomic E-state index is 0.363. The molecule has 0 bridgehead atoms. The first-order valence-electron chi connectivity index (χ1n) is 7.81. The molecule has 1 aliphatic rings. The quantitative estimate of drug-likeness (QED) is 0.862. The largest absolute Gasteiger partial charge is 0.508 e. The zero-order valence-electron chi connectivity index (χ0n) is 12.3.